The highest BCUT2D eigenvalue weighted by molar-refractivity contribution is 5.18. The van der Waals surface area contributed by atoms with Gasteiger partial charge >= 0.3 is 0 Å². The third kappa shape index (κ3) is 4.53. The van der Waals surface area contributed by atoms with Gasteiger partial charge in [-0.1, -0.05) is 19.1 Å². The number of rotatable bonds is 6. The molecule has 0 aliphatic heterocycles. The average Bonchev–Trinajstić information content (AvgIpc) is 2.22. The Kier molecular flexibility index (Phi) is 5.12. The lowest BCUT2D eigenvalue weighted by molar-refractivity contribution is 0.578. The van der Waals surface area contributed by atoms with E-state index >= 15 is 0 Å². The molecule has 0 aromatic heterocycles. The smallest absolute Gasteiger partial charge is 0.126 e. The van der Waals surface area contributed by atoms with E-state index in [0.29, 0.717) is 18.5 Å². The van der Waals surface area contributed by atoms with Gasteiger partial charge in [-0.15, -0.1) is 0 Å². The Morgan fingerprint density at radius 1 is 1.25 bits per heavy atom. The first-order chi connectivity index (χ1) is 7.61. The molecule has 0 aliphatic rings. The maximum atomic E-state index is 12.8. The molecule has 0 spiro atoms. The van der Waals surface area contributed by atoms with Gasteiger partial charge in [-0.05, 0) is 37.1 Å². The Morgan fingerprint density at radius 3 is 2.44 bits per heavy atom. The zero-order valence-corrected chi connectivity index (χ0v) is 9.52. The van der Waals surface area contributed by atoms with Gasteiger partial charge in [0.05, 0.1) is 0 Å². The summed E-state index contributed by atoms with van der Waals surface area (Å²) in [6, 6.07) is 3.61. The number of hydrogen-bond acceptors (Lipinski definition) is 1. The zero-order chi connectivity index (χ0) is 12.0. The molecule has 0 aliphatic carbocycles. The van der Waals surface area contributed by atoms with Crippen molar-refractivity contribution >= 4 is 0 Å². The van der Waals surface area contributed by atoms with Gasteiger partial charge < -0.3 is 5.32 Å². The summed E-state index contributed by atoms with van der Waals surface area (Å²) in [4.78, 5) is 0. The van der Waals surface area contributed by atoms with Crippen LogP contribution in [0, 0.1) is 11.6 Å². The first-order valence-electron chi connectivity index (χ1n) is 5.44. The largest absolute Gasteiger partial charge is 0.313 e. The molecular weight excluding hydrogens is 208 g/mol. The summed E-state index contributed by atoms with van der Waals surface area (Å²) in [6.45, 7) is 7.37. The molecule has 88 valence electrons. The quantitative estimate of drug-likeness (QED) is 0.579. The van der Waals surface area contributed by atoms with E-state index in [1.807, 2.05) is 6.92 Å². The van der Waals surface area contributed by atoms with E-state index in [1.54, 1.807) is 0 Å². The average molecular weight is 225 g/mol. The predicted molar refractivity (Wildman–Crippen MR) is 62.4 cm³/mol. The molecule has 0 unspecified atom stereocenters. The molecule has 1 N–H and O–H groups in total. The maximum absolute atomic E-state index is 12.8. The lowest BCUT2D eigenvalue weighted by atomic mass is 10.1. The minimum Gasteiger partial charge on any atom is -0.313 e. The number of halogens is 2. The highest BCUT2D eigenvalue weighted by Crippen LogP contribution is 2.08. The molecule has 1 aromatic carbocycles. The van der Waals surface area contributed by atoms with Gasteiger partial charge in [-0.3, -0.25) is 0 Å². The monoisotopic (exact) mass is 225 g/mol. The fourth-order valence-electron chi connectivity index (χ4n) is 1.38. The number of hydrogen-bond donors (Lipinski definition) is 1. The van der Waals surface area contributed by atoms with Gasteiger partial charge in [-0.2, -0.15) is 0 Å². The lowest BCUT2D eigenvalue weighted by Crippen LogP contribution is -2.19. The summed E-state index contributed by atoms with van der Waals surface area (Å²) in [6.07, 6.45) is 1.56. The van der Waals surface area contributed by atoms with Crippen LogP contribution in [0.15, 0.2) is 30.4 Å². The van der Waals surface area contributed by atoms with Gasteiger partial charge in [-0.25, -0.2) is 8.78 Å². The third-order valence-corrected chi connectivity index (χ3v) is 2.39. The Hall–Kier alpha value is -1.22. The molecule has 0 amide bonds. The van der Waals surface area contributed by atoms with Crippen molar-refractivity contribution in [2.24, 2.45) is 0 Å². The normalized spacial score (nSPS) is 10.4. The molecule has 16 heavy (non-hydrogen) atoms. The predicted octanol–water partition coefficient (Wildman–Crippen LogP) is 3.06. The molecule has 3 heteroatoms. The Morgan fingerprint density at radius 2 is 1.88 bits per heavy atom. The Bertz CT molecular complexity index is 341. The van der Waals surface area contributed by atoms with Crippen LogP contribution in [-0.2, 0) is 6.42 Å². The highest BCUT2D eigenvalue weighted by atomic mass is 19.1. The molecule has 0 saturated carbocycles. The SMILES string of the molecule is C=C(CC)CNCCc1cc(F)cc(F)c1. The summed E-state index contributed by atoms with van der Waals surface area (Å²) in [7, 11) is 0. The maximum Gasteiger partial charge on any atom is 0.126 e. The molecule has 0 saturated heterocycles. The van der Waals surface area contributed by atoms with E-state index in [9.17, 15) is 8.78 Å². The number of benzene rings is 1. The number of nitrogens with one attached hydrogen (secondary N) is 1. The van der Waals surface area contributed by atoms with E-state index in [0.717, 1.165) is 24.6 Å². The fraction of sp³-hybridized carbons (Fsp3) is 0.385. The molecular formula is C13H17F2N. The summed E-state index contributed by atoms with van der Waals surface area (Å²) in [5.74, 6) is -1.04. The summed E-state index contributed by atoms with van der Waals surface area (Å²) in [5.41, 5.74) is 1.80. The van der Waals surface area contributed by atoms with Crippen molar-refractivity contribution in [1.29, 1.82) is 0 Å². The summed E-state index contributed by atoms with van der Waals surface area (Å²) >= 11 is 0. The molecule has 1 aromatic rings. The van der Waals surface area contributed by atoms with Crippen molar-refractivity contribution in [2.75, 3.05) is 13.1 Å². The van der Waals surface area contributed by atoms with E-state index in [2.05, 4.69) is 11.9 Å². The molecule has 0 radical (unpaired) electrons. The van der Waals surface area contributed by atoms with Gasteiger partial charge in [0, 0.05) is 12.6 Å². The summed E-state index contributed by atoms with van der Waals surface area (Å²) in [5, 5.41) is 3.18. The van der Waals surface area contributed by atoms with Crippen molar-refractivity contribution in [2.45, 2.75) is 19.8 Å². The van der Waals surface area contributed by atoms with Gasteiger partial charge in [0.25, 0.3) is 0 Å². The van der Waals surface area contributed by atoms with Crippen LogP contribution in [0.3, 0.4) is 0 Å². The van der Waals surface area contributed by atoms with Crippen LogP contribution in [0.25, 0.3) is 0 Å². The van der Waals surface area contributed by atoms with Crippen LogP contribution in [-0.4, -0.2) is 13.1 Å². The zero-order valence-electron chi connectivity index (χ0n) is 9.52. The highest BCUT2D eigenvalue weighted by Gasteiger charge is 2.00. The Balaban J connectivity index is 2.34. The second-order valence-electron chi connectivity index (χ2n) is 3.81. The van der Waals surface area contributed by atoms with E-state index in [1.165, 1.54) is 12.1 Å². The standard InChI is InChI=1S/C13H17F2N/c1-3-10(2)9-16-5-4-11-6-12(14)8-13(15)7-11/h6-8,16H,2-5,9H2,1H3. The van der Waals surface area contributed by atoms with Crippen molar-refractivity contribution in [1.82, 2.24) is 5.32 Å². The molecule has 1 nitrogen and oxygen atoms in total. The van der Waals surface area contributed by atoms with Crippen LogP contribution in [0.2, 0.25) is 0 Å². The van der Waals surface area contributed by atoms with Crippen LogP contribution >= 0.6 is 0 Å². The van der Waals surface area contributed by atoms with Crippen molar-refractivity contribution in [3.05, 3.63) is 47.5 Å². The van der Waals surface area contributed by atoms with E-state index < -0.39 is 11.6 Å². The summed E-state index contributed by atoms with van der Waals surface area (Å²) < 4.78 is 25.7. The lowest BCUT2D eigenvalue weighted by Gasteiger charge is -2.06. The van der Waals surface area contributed by atoms with E-state index in [4.69, 9.17) is 0 Å². The van der Waals surface area contributed by atoms with Crippen LogP contribution < -0.4 is 5.32 Å². The molecule has 0 atom stereocenters. The first-order valence-corrected chi connectivity index (χ1v) is 5.44. The molecule has 0 bridgehead atoms. The van der Waals surface area contributed by atoms with Gasteiger partial charge in [0.1, 0.15) is 11.6 Å². The first kappa shape index (κ1) is 12.8. The van der Waals surface area contributed by atoms with Gasteiger partial charge in [0.15, 0.2) is 0 Å². The van der Waals surface area contributed by atoms with Crippen LogP contribution in [0.4, 0.5) is 8.78 Å². The van der Waals surface area contributed by atoms with Crippen molar-refractivity contribution < 1.29 is 8.78 Å². The second kappa shape index (κ2) is 6.38. The minimum atomic E-state index is -0.520. The molecule has 0 fully saturated rings. The Labute approximate surface area is 95.2 Å². The van der Waals surface area contributed by atoms with Gasteiger partial charge in [0.2, 0.25) is 0 Å². The van der Waals surface area contributed by atoms with Crippen LogP contribution in [0.5, 0.6) is 0 Å². The van der Waals surface area contributed by atoms with Crippen molar-refractivity contribution in [3.8, 4) is 0 Å². The second-order valence-corrected chi connectivity index (χ2v) is 3.81. The van der Waals surface area contributed by atoms with Crippen molar-refractivity contribution in [3.63, 3.8) is 0 Å². The minimum absolute atomic E-state index is 0.520. The third-order valence-electron chi connectivity index (χ3n) is 2.39. The topological polar surface area (TPSA) is 12.0 Å². The molecule has 0 heterocycles. The fourth-order valence-corrected chi connectivity index (χ4v) is 1.38. The molecule has 1 rings (SSSR count). The van der Waals surface area contributed by atoms with E-state index in [-0.39, 0.29) is 0 Å². The van der Waals surface area contributed by atoms with Crippen LogP contribution in [0.1, 0.15) is 18.9 Å².